The Morgan fingerprint density at radius 3 is 2.43 bits per heavy atom. The number of hydrogen-bond acceptors (Lipinski definition) is 6. The zero-order valence-corrected chi connectivity index (χ0v) is 12.0. The summed E-state index contributed by atoms with van der Waals surface area (Å²) >= 11 is 0. The van der Waals surface area contributed by atoms with E-state index in [-0.39, 0.29) is 10.8 Å². The van der Waals surface area contributed by atoms with Gasteiger partial charge in [0, 0.05) is 24.7 Å². The Balaban J connectivity index is 1.82. The van der Waals surface area contributed by atoms with E-state index < -0.39 is 10.0 Å². The Hall–Kier alpha value is -1.77. The van der Waals surface area contributed by atoms with Crippen molar-refractivity contribution in [3.8, 4) is 11.4 Å². The van der Waals surface area contributed by atoms with E-state index in [9.17, 15) is 8.42 Å². The number of nitrogens with two attached hydrogens (primary N) is 1. The van der Waals surface area contributed by atoms with Gasteiger partial charge in [-0.1, -0.05) is 5.16 Å². The molecule has 0 saturated carbocycles. The van der Waals surface area contributed by atoms with Gasteiger partial charge in [-0.05, 0) is 37.1 Å². The predicted molar refractivity (Wildman–Crippen MR) is 73.9 cm³/mol. The standard InChI is InChI=1S/C13H15N3O4S/c14-21(17,18)11-3-1-9(2-4-11)12-15-13(20-16-12)10-5-7-19-8-6-10/h1-4,10H,5-8H2,(H2,14,17,18). The number of benzene rings is 1. The lowest BCUT2D eigenvalue weighted by Crippen LogP contribution is -2.14. The molecule has 7 nitrogen and oxygen atoms in total. The molecule has 3 rings (SSSR count). The molecule has 1 aliphatic rings. The molecule has 0 atom stereocenters. The minimum Gasteiger partial charge on any atom is -0.381 e. The van der Waals surface area contributed by atoms with Gasteiger partial charge in [0.1, 0.15) is 0 Å². The molecule has 0 bridgehead atoms. The lowest BCUT2D eigenvalue weighted by Gasteiger charge is -2.17. The second-order valence-corrected chi connectivity index (χ2v) is 6.47. The number of nitrogens with zero attached hydrogens (tertiary/aromatic N) is 2. The topological polar surface area (TPSA) is 108 Å². The van der Waals surface area contributed by atoms with Crippen LogP contribution < -0.4 is 5.14 Å². The van der Waals surface area contributed by atoms with E-state index in [2.05, 4.69) is 10.1 Å². The van der Waals surface area contributed by atoms with Gasteiger partial charge in [-0.15, -0.1) is 0 Å². The van der Waals surface area contributed by atoms with Crippen LogP contribution in [-0.4, -0.2) is 31.8 Å². The highest BCUT2D eigenvalue weighted by molar-refractivity contribution is 7.89. The molecule has 0 spiro atoms. The van der Waals surface area contributed by atoms with Crippen LogP contribution in [0.3, 0.4) is 0 Å². The zero-order valence-electron chi connectivity index (χ0n) is 11.2. The maximum absolute atomic E-state index is 11.2. The van der Waals surface area contributed by atoms with Crippen LogP contribution in [0, 0.1) is 0 Å². The van der Waals surface area contributed by atoms with Crippen molar-refractivity contribution >= 4 is 10.0 Å². The van der Waals surface area contributed by atoms with E-state index in [1.54, 1.807) is 12.1 Å². The Bertz CT molecular complexity index is 718. The van der Waals surface area contributed by atoms with Gasteiger partial charge in [0.2, 0.25) is 21.7 Å². The van der Waals surface area contributed by atoms with Crippen molar-refractivity contribution in [1.29, 1.82) is 0 Å². The summed E-state index contributed by atoms with van der Waals surface area (Å²) in [5, 5.41) is 9.00. The number of hydrogen-bond donors (Lipinski definition) is 1. The van der Waals surface area contributed by atoms with E-state index in [1.807, 2.05) is 0 Å². The number of sulfonamides is 1. The lowest BCUT2D eigenvalue weighted by molar-refractivity contribution is 0.0778. The van der Waals surface area contributed by atoms with Gasteiger partial charge in [-0.25, -0.2) is 13.6 Å². The molecule has 2 N–H and O–H groups in total. The minimum atomic E-state index is -3.69. The van der Waals surface area contributed by atoms with Crippen molar-refractivity contribution < 1.29 is 17.7 Å². The summed E-state index contributed by atoms with van der Waals surface area (Å²) in [7, 11) is -3.69. The van der Waals surface area contributed by atoms with Gasteiger partial charge >= 0.3 is 0 Å². The van der Waals surface area contributed by atoms with Crippen LogP contribution in [0.5, 0.6) is 0 Å². The Kier molecular flexibility index (Phi) is 3.75. The third kappa shape index (κ3) is 3.12. The normalized spacial score (nSPS) is 17.0. The Morgan fingerprint density at radius 2 is 1.81 bits per heavy atom. The summed E-state index contributed by atoms with van der Waals surface area (Å²) in [4.78, 5) is 4.44. The number of aromatic nitrogens is 2. The van der Waals surface area contributed by atoms with Crippen LogP contribution >= 0.6 is 0 Å². The molecular weight excluding hydrogens is 294 g/mol. The third-order valence-electron chi connectivity index (χ3n) is 3.45. The summed E-state index contributed by atoms with van der Waals surface area (Å²) in [6, 6.07) is 6.07. The number of rotatable bonds is 3. The highest BCUT2D eigenvalue weighted by Gasteiger charge is 2.22. The van der Waals surface area contributed by atoms with E-state index >= 15 is 0 Å². The molecule has 1 aromatic heterocycles. The van der Waals surface area contributed by atoms with Crippen LogP contribution in [0.1, 0.15) is 24.7 Å². The Morgan fingerprint density at radius 1 is 1.14 bits per heavy atom. The highest BCUT2D eigenvalue weighted by atomic mass is 32.2. The highest BCUT2D eigenvalue weighted by Crippen LogP contribution is 2.27. The van der Waals surface area contributed by atoms with Crippen LogP contribution in [0.15, 0.2) is 33.7 Å². The quantitative estimate of drug-likeness (QED) is 0.914. The largest absolute Gasteiger partial charge is 0.381 e. The van der Waals surface area contributed by atoms with Crippen molar-refractivity contribution in [2.24, 2.45) is 5.14 Å². The fourth-order valence-electron chi connectivity index (χ4n) is 2.26. The molecule has 8 heteroatoms. The molecule has 0 aliphatic carbocycles. The van der Waals surface area contributed by atoms with Gasteiger partial charge < -0.3 is 9.26 Å². The summed E-state index contributed by atoms with van der Waals surface area (Å²) < 4.78 is 33.0. The van der Waals surface area contributed by atoms with Crippen LogP contribution in [0.2, 0.25) is 0 Å². The molecule has 2 aromatic rings. The van der Waals surface area contributed by atoms with Gasteiger partial charge in [-0.2, -0.15) is 4.98 Å². The summed E-state index contributed by atoms with van der Waals surface area (Å²) in [6.45, 7) is 1.40. The fourth-order valence-corrected chi connectivity index (χ4v) is 2.77. The van der Waals surface area contributed by atoms with Crippen molar-refractivity contribution in [3.05, 3.63) is 30.2 Å². The van der Waals surface area contributed by atoms with E-state index in [0.717, 1.165) is 12.8 Å². The first-order chi connectivity index (χ1) is 10.0. The van der Waals surface area contributed by atoms with Crippen LogP contribution in [-0.2, 0) is 14.8 Å². The zero-order chi connectivity index (χ0) is 14.9. The monoisotopic (exact) mass is 309 g/mol. The second-order valence-electron chi connectivity index (χ2n) is 4.91. The summed E-state index contributed by atoms with van der Waals surface area (Å²) in [6.07, 6.45) is 1.73. The second kappa shape index (κ2) is 5.55. The molecular formula is C13H15N3O4S. The van der Waals surface area contributed by atoms with E-state index in [1.165, 1.54) is 12.1 Å². The molecule has 2 heterocycles. The van der Waals surface area contributed by atoms with Crippen molar-refractivity contribution in [2.75, 3.05) is 13.2 Å². The van der Waals surface area contributed by atoms with E-state index in [4.69, 9.17) is 14.4 Å². The first-order valence-electron chi connectivity index (χ1n) is 6.58. The maximum atomic E-state index is 11.2. The number of ether oxygens (including phenoxy) is 1. The minimum absolute atomic E-state index is 0.0550. The molecule has 1 aromatic carbocycles. The van der Waals surface area contributed by atoms with Crippen LogP contribution in [0.4, 0.5) is 0 Å². The fraction of sp³-hybridized carbons (Fsp3) is 0.385. The first kappa shape index (κ1) is 14.2. The lowest BCUT2D eigenvalue weighted by atomic mass is 10.0. The summed E-state index contributed by atoms with van der Waals surface area (Å²) in [5.41, 5.74) is 0.685. The van der Waals surface area contributed by atoms with Gasteiger partial charge in [0.15, 0.2) is 0 Å². The SMILES string of the molecule is NS(=O)(=O)c1ccc(-c2noc(C3CCOCC3)n2)cc1. The predicted octanol–water partition coefficient (Wildman–Crippen LogP) is 1.28. The van der Waals surface area contributed by atoms with Crippen molar-refractivity contribution in [2.45, 2.75) is 23.7 Å². The third-order valence-corrected chi connectivity index (χ3v) is 4.38. The molecule has 1 fully saturated rings. The van der Waals surface area contributed by atoms with Crippen LogP contribution in [0.25, 0.3) is 11.4 Å². The number of primary sulfonamides is 1. The molecule has 21 heavy (non-hydrogen) atoms. The van der Waals surface area contributed by atoms with Crippen molar-refractivity contribution in [3.63, 3.8) is 0 Å². The Labute approximate surface area is 122 Å². The smallest absolute Gasteiger partial charge is 0.238 e. The average molecular weight is 309 g/mol. The average Bonchev–Trinajstić information content (AvgIpc) is 2.97. The molecule has 0 amide bonds. The van der Waals surface area contributed by atoms with E-state index in [0.29, 0.717) is 30.5 Å². The molecule has 0 unspecified atom stereocenters. The van der Waals surface area contributed by atoms with Crippen molar-refractivity contribution in [1.82, 2.24) is 10.1 Å². The molecule has 0 radical (unpaired) electrons. The van der Waals surface area contributed by atoms with Gasteiger partial charge in [0.05, 0.1) is 4.90 Å². The molecule has 1 saturated heterocycles. The molecule has 112 valence electrons. The van der Waals surface area contributed by atoms with Gasteiger partial charge in [-0.3, -0.25) is 0 Å². The maximum Gasteiger partial charge on any atom is 0.238 e. The summed E-state index contributed by atoms with van der Waals surface area (Å²) in [5.74, 6) is 1.27. The van der Waals surface area contributed by atoms with Gasteiger partial charge in [0.25, 0.3) is 0 Å². The molecule has 1 aliphatic heterocycles. The first-order valence-corrected chi connectivity index (χ1v) is 8.13.